The predicted octanol–water partition coefficient (Wildman–Crippen LogP) is 2.80. The Morgan fingerprint density at radius 1 is 0.857 bits per heavy atom. The zero-order valence-electron chi connectivity index (χ0n) is 17.0. The summed E-state index contributed by atoms with van der Waals surface area (Å²) in [7, 11) is 8.02. The average molecular weight is 389 g/mol. The number of rotatable bonds is 10. The summed E-state index contributed by atoms with van der Waals surface area (Å²) in [6.45, 7) is 0.457. The molecule has 0 unspecified atom stereocenters. The van der Waals surface area contributed by atoms with Gasteiger partial charge in [-0.2, -0.15) is 0 Å². The van der Waals surface area contributed by atoms with Gasteiger partial charge in [-0.05, 0) is 36.2 Å². The van der Waals surface area contributed by atoms with Crippen LogP contribution in [0.4, 0.5) is 0 Å². The maximum atomic E-state index is 12.4. The van der Waals surface area contributed by atoms with Crippen LogP contribution in [0, 0.1) is 0 Å². The second-order valence-corrected chi connectivity index (χ2v) is 6.04. The molecular formula is C21H27NO6. The molecule has 0 N–H and O–H groups in total. The smallest absolute Gasteiger partial charge is 0.260 e. The third kappa shape index (κ3) is 5.22. The highest BCUT2D eigenvalue weighted by molar-refractivity contribution is 5.77. The number of amides is 1. The molecule has 152 valence electrons. The van der Waals surface area contributed by atoms with Crippen molar-refractivity contribution >= 4 is 5.91 Å². The Labute approximate surface area is 165 Å². The number of hydrogen-bond donors (Lipinski definition) is 0. The number of carbonyl (C=O) groups excluding carboxylic acids is 1. The molecule has 2 rings (SSSR count). The van der Waals surface area contributed by atoms with E-state index in [-0.39, 0.29) is 12.5 Å². The van der Waals surface area contributed by atoms with Crippen LogP contribution in [0.15, 0.2) is 36.4 Å². The minimum atomic E-state index is -0.127. The second-order valence-electron chi connectivity index (χ2n) is 6.04. The summed E-state index contributed by atoms with van der Waals surface area (Å²) in [6, 6.07) is 11.0. The quantitative estimate of drug-likeness (QED) is 0.623. The highest BCUT2D eigenvalue weighted by atomic mass is 16.5. The van der Waals surface area contributed by atoms with E-state index in [0.29, 0.717) is 41.7 Å². The Kier molecular flexibility index (Phi) is 7.80. The lowest BCUT2D eigenvalue weighted by Crippen LogP contribution is -2.33. The Hall–Kier alpha value is -3.09. The number of methoxy groups -OCH3 is 4. The van der Waals surface area contributed by atoms with Crippen LogP contribution >= 0.6 is 0 Å². The van der Waals surface area contributed by atoms with Crippen molar-refractivity contribution in [3.05, 3.63) is 42.0 Å². The predicted molar refractivity (Wildman–Crippen MR) is 106 cm³/mol. The molecule has 0 saturated heterocycles. The van der Waals surface area contributed by atoms with Crippen LogP contribution in [0.5, 0.6) is 28.7 Å². The van der Waals surface area contributed by atoms with Crippen molar-refractivity contribution in [2.45, 2.75) is 6.42 Å². The first kappa shape index (κ1) is 21.2. The summed E-state index contributed by atoms with van der Waals surface area (Å²) in [5.74, 6) is 2.73. The van der Waals surface area contributed by atoms with Gasteiger partial charge in [0.2, 0.25) is 5.75 Å². The molecule has 0 heterocycles. The summed E-state index contributed by atoms with van der Waals surface area (Å²) < 4.78 is 26.9. The van der Waals surface area contributed by atoms with Crippen LogP contribution in [-0.4, -0.2) is 59.4 Å². The SMILES string of the molecule is COc1ccccc1OCC(=O)N(C)CCc1cc(OC)c(OC)c(OC)c1. The maximum Gasteiger partial charge on any atom is 0.260 e. The van der Waals surface area contributed by atoms with Crippen LogP contribution in [-0.2, 0) is 11.2 Å². The van der Waals surface area contributed by atoms with Crippen molar-refractivity contribution < 1.29 is 28.5 Å². The zero-order valence-corrected chi connectivity index (χ0v) is 17.0. The van der Waals surface area contributed by atoms with Gasteiger partial charge in [-0.25, -0.2) is 0 Å². The van der Waals surface area contributed by atoms with Crippen molar-refractivity contribution in [2.75, 3.05) is 48.6 Å². The van der Waals surface area contributed by atoms with Gasteiger partial charge in [-0.3, -0.25) is 4.79 Å². The van der Waals surface area contributed by atoms with E-state index in [1.807, 2.05) is 24.3 Å². The van der Waals surface area contributed by atoms with Crippen LogP contribution in [0.1, 0.15) is 5.56 Å². The summed E-state index contributed by atoms with van der Waals surface area (Å²) in [5.41, 5.74) is 0.972. The fraction of sp³-hybridized carbons (Fsp3) is 0.381. The van der Waals surface area contributed by atoms with E-state index >= 15 is 0 Å². The summed E-state index contributed by atoms with van der Waals surface area (Å²) in [5, 5.41) is 0. The molecule has 0 aliphatic carbocycles. The van der Waals surface area contributed by atoms with Gasteiger partial charge in [0.15, 0.2) is 29.6 Å². The van der Waals surface area contributed by atoms with Crippen molar-refractivity contribution in [1.29, 1.82) is 0 Å². The number of carbonyl (C=O) groups is 1. The summed E-state index contributed by atoms with van der Waals surface area (Å²) >= 11 is 0. The molecule has 0 fully saturated rings. The zero-order chi connectivity index (χ0) is 20.5. The largest absolute Gasteiger partial charge is 0.493 e. The number of hydrogen-bond acceptors (Lipinski definition) is 6. The highest BCUT2D eigenvalue weighted by Gasteiger charge is 2.15. The average Bonchev–Trinajstić information content (AvgIpc) is 2.74. The lowest BCUT2D eigenvalue weighted by Gasteiger charge is -2.19. The van der Waals surface area contributed by atoms with Crippen molar-refractivity contribution in [3.8, 4) is 28.7 Å². The molecule has 7 nitrogen and oxygen atoms in total. The van der Waals surface area contributed by atoms with Gasteiger partial charge in [-0.1, -0.05) is 12.1 Å². The van der Waals surface area contributed by atoms with Gasteiger partial charge in [0.1, 0.15) is 0 Å². The first-order valence-corrected chi connectivity index (χ1v) is 8.82. The van der Waals surface area contributed by atoms with Crippen molar-refractivity contribution in [2.24, 2.45) is 0 Å². The van der Waals surface area contributed by atoms with Crippen molar-refractivity contribution in [1.82, 2.24) is 4.90 Å². The van der Waals surface area contributed by atoms with Crippen molar-refractivity contribution in [3.63, 3.8) is 0 Å². The molecule has 0 bridgehead atoms. The lowest BCUT2D eigenvalue weighted by molar-refractivity contribution is -0.132. The van der Waals surface area contributed by atoms with E-state index in [4.69, 9.17) is 23.7 Å². The Bertz CT molecular complexity index is 767. The fourth-order valence-electron chi connectivity index (χ4n) is 2.69. The number of benzene rings is 2. The topological polar surface area (TPSA) is 66.5 Å². The Morgan fingerprint density at radius 3 is 1.96 bits per heavy atom. The lowest BCUT2D eigenvalue weighted by atomic mass is 10.1. The van der Waals surface area contributed by atoms with Crippen LogP contribution < -0.4 is 23.7 Å². The molecule has 0 saturated carbocycles. The van der Waals surface area contributed by atoms with Crippen LogP contribution in [0.25, 0.3) is 0 Å². The second kappa shape index (κ2) is 10.3. The normalized spacial score (nSPS) is 10.2. The van der Waals surface area contributed by atoms with Gasteiger partial charge in [-0.15, -0.1) is 0 Å². The molecule has 0 radical (unpaired) electrons. The number of nitrogens with zero attached hydrogens (tertiary/aromatic N) is 1. The van der Waals surface area contributed by atoms with E-state index in [1.165, 1.54) is 0 Å². The summed E-state index contributed by atoms with van der Waals surface area (Å²) in [4.78, 5) is 14.0. The number of para-hydroxylation sites is 2. The van der Waals surface area contributed by atoms with E-state index in [0.717, 1.165) is 5.56 Å². The highest BCUT2D eigenvalue weighted by Crippen LogP contribution is 2.38. The first-order valence-electron chi connectivity index (χ1n) is 8.82. The summed E-state index contributed by atoms with van der Waals surface area (Å²) in [6.07, 6.45) is 0.633. The number of likely N-dealkylation sites (N-methyl/N-ethyl adjacent to an activating group) is 1. The maximum absolute atomic E-state index is 12.4. The third-order valence-corrected chi connectivity index (χ3v) is 4.31. The number of ether oxygens (including phenoxy) is 5. The first-order chi connectivity index (χ1) is 13.5. The minimum Gasteiger partial charge on any atom is -0.493 e. The molecule has 0 aromatic heterocycles. The fourth-order valence-corrected chi connectivity index (χ4v) is 2.69. The van der Waals surface area contributed by atoms with Crippen LogP contribution in [0.2, 0.25) is 0 Å². The van der Waals surface area contributed by atoms with Gasteiger partial charge < -0.3 is 28.6 Å². The van der Waals surface area contributed by atoms with E-state index in [1.54, 1.807) is 52.5 Å². The molecule has 7 heteroatoms. The van der Waals surface area contributed by atoms with E-state index < -0.39 is 0 Å². The molecule has 0 atom stereocenters. The molecular weight excluding hydrogens is 362 g/mol. The molecule has 2 aromatic rings. The monoisotopic (exact) mass is 389 g/mol. The molecule has 2 aromatic carbocycles. The Morgan fingerprint density at radius 2 is 1.43 bits per heavy atom. The van der Waals surface area contributed by atoms with Gasteiger partial charge in [0.05, 0.1) is 28.4 Å². The molecule has 0 spiro atoms. The molecule has 0 aliphatic heterocycles. The van der Waals surface area contributed by atoms with Crippen LogP contribution in [0.3, 0.4) is 0 Å². The Balaban J connectivity index is 1.95. The molecule has 28 heavy (non-hydrogen) atoms. The van der Waals surface area contributed by atoms with E-state index in [2.05, 4.69) is 0 Å². The standard InChI is InChI=1S/C21H27NO6/c1-22(20(23)14-28-17-9-7-6-8-16(17)24-2)11-10-15-12-18(25-3)21(27-5)19(13-15)26-4/h6-9,12-13H,10-11,14H2,1-5H3. The minimum absolute atomic E-state index is 0.0634. The van der Waals surface area contributed by atoms with Gasteiger partial charge >= 0.3 is 0 Å². The van der Waals surface area contributed by atoms with Gasteiger partial charge in [0.25, 0.3) is 5.91 Å². The van der Waals surface area contributed by atoms with E-state index in [9.17, 15) is 4.79 Å². The third-order valence-electron chi connectivity index (χ3n) is 4.31. The molecule has 0 aliphatic rings. The molecule has 1 amide bonds. The van der Waals surface area contributed by atoms with Gasteiger partial charge in [0, 0.05) is 13.6 Å².